The van der Waals surface area contributed by atoms with Crippen molar-refractivity contribution in [2.45, 2.75) is 45.8 Å². The third-order valence-corrected chi connectivity index (χ3v) is 5.64. The molecular formula is C25H37IN4O3. The molecule has 3 N–H and O–H groups in total. The van der Waals surface area contributed by atoms with Crippen molar-refractivity contribution in [2.24, 2.45) is 4.99 Å². The molecular weight excluding hydrogens is 531 g/mol. The fourth-order valence-electron chi connectivity index (χ4n) is 3.88. The van der Waals surface area contributed by atoms with E-state index < -0.39 is 0 Å². The fraction of sp³-hybridized carbons (Fsp3) is 0.480. The number of aromatic hydroxyl groups is 1. The Morgan fingerprint density at radius 1 is 0.939 bits per heavy atom. The van der Waals surface area contributed by atoms with Crippen LogP contribution in [0.4, 0.5) is 0 Å². The Hall–Kier alpha value is -2.20. The van der Waals surface area contributed by atoms with Gasteiger partial charge in [-0.1, -0.05) is 30.7 Å². The van der Waals surface area contributed by atoms with E-state index in [0.29, 0.717) is 24.6 Å². The minimum absolute atomic E-state index is 0. The number of likely N-dealkylation sites (tertiary alicyclic amines) is 1. The number of rotatable bonds is 9. The minimum atomic E-state index is -0.00325. The van der Waals surface area contributed by atoms with Crippen LogP contribution < -0.4 is 20.1 Å². The van der Waals surface area contributed by atoms with Gasteiger partial charge in [-0.3, -0.25) is 4.90 Å². The summed E-state index contributed by atoms with van der Waals surface area (Å²) in [4.78, 5) is 7.21. The topological polar surface area (TPSA) is 78.4 Å². The van der Waals surface area contributed by atoms with Crippen molar-refractivity contribution in [2.75, 3.05) is 33.9 Å². The molecule has 7 nitrogen and oxygen atoms in total. The highest BCUT2D eigenvalue weighted by molar-refractivity contribution is 14.0. The predicted molar refractivity (Wildman–Crippen MR) is 144 cm³/mol. The number of nitrogens with zero attached hydrogens (tertiary/aromatic N) is 2. The van der Waals surface area contributed by atoms with E-state index in [1.54, 1.807) is 12.1 Å². The quantitative estimate of drug-likeness (QED) is 0.238. The van der Waals surface area contributed by atoms with E-state index in [9.17, 15) is 5.11 Å². The number of aliphatic imine (C=N–C) groups is 1. The van der Waals surface area contributed by atoms with Crippen molar-refractivity contribution in [3.63, 3.8) is 0 Å². The first-order valence-corrected chi connectivity index (χ1v) is 11.4. The molecule has 0 aromatic heterocycles. The minimum Gasteiger partial charge on any atom is -0.502 e. The molecule has 33 heavy (non-hydrogen) atoms. The molecule has 1 aliphatic heterocycles. The summed E-state index contributed by atoms with van der Waals surface area (Å²) in [6.07, 6.45) is 4.00. The van der Waals surface area contributed by atoms with Crippen LogP contribution in [0.2, 0.25) is 0 Å². The first kappa shape index (κ1) is 27.0. The fourth-order valence-corrected chi connectivity index (χ4v) is 3.88. The monoisotopic (exact) mass is 568 g/mol. The molecule has 0 aliphatic carbocycles. The van der Waals surface area contributed by atoms with Crippen molar-refractivity contribution >= 4 is 29.9 Å². The van der Waals surface area contributed by atoms with Crippen LogP contribution in [0.1, 0.15) is 42.9 Å². The molecule has 0 amide bonds. The molecule has 2 aromatic carbocycles. The van der Waals surface area contributed by atoms with Crippen molar-refractivity contribution in [3.05, 3.63) is 53.1 Å². The van der Waals surface area contributed by atoms with Gasteiger partial charge in [0.1, 0.15) is 0 Å². The van der Waals surface area contributed by atoms with E-state index >= 15 is 0 Å². The first-order valence-electron chi connectivity index (χ1n) is 11.4. The molecule has 0 spiro atoms. The van der Waals surface area contributed by atoms with Crippen LogP contribution in [0, 0.1) is 0 Å². The van der Waals surface area contributed by atoms with Gasteiger partial charge in [0.15, 0.2) is 17.5 Å². The number of hydrogen-bond donors (Lipinski definition) is 3. The van der Waals surface area contributed by atoms with Gasteiger partial charge in [0, 0.05) is 19.6 Å². The van der Waals surface area contributed by atoms with E-state index in [-0.39, 0.29) is 29.7 Å². The predicted octanol–water partition coefficient (Wildman–Crippen LogP) is 4.27. The van der Waals surface area contributed by atoms with Gasteiger partial charge in [0.2, 0.25) is 5.75 Å². The third kappa shape index (κ3) is 8.26. The van der Waals surface area contributed by atoms with Gasteiger partial charge in [-0.25, -0.2) is 4.99 Å². The lowest BCUT2D eigenvalue weighted by Crippen LogP contribution is -2.36. The van der Waals surface area contributed by atoms with E-state index in [2.05, 4.69) is 44.8 Å². The number of phenolic OH excluding ortho intramolecular Hbond substituents is 1. The van der Waals surface area contributed by atoms with Gasteiger partial charge < -0.3 is 25.2 Å². The summed E-state index contributed by atoms with van der Waals surface area (Å²) in [7, 11) is 3.04. The molecule has 0 saturated carbocycles. The zero-order chi connectivity index (χ0) is 22.8. The summed E-state index contributed by atoms with van der Waals surface area (Å²) in [5.41, 5.74) is 3.47. The molecule has 0 unspecified atom stereocenters. The summed E-state index contributed by atoms with van der Waals surface area (Å²) in [5.74, 6) is 1.47. The van der Waals surface area contributed by atoms with Crippen LogP contribution in [0.3, 0.4) is 0 Å². The Kier molecular flexibility index (Phi) is 11.6. The zero-order valence-electron chi connectivity index (χ0n) is 19.9. The highest BCUT2D eigenvalue weighted by Gasteiger charge is 2.12. The standard InChI is InChI=1S/C25H36N4O3.HI/c1-4-26-25(28-17-21-14-22(31-2)24(30)23(15-21)32-3)27-16-19-8-10-20(11-9-19)18-29-12-6-5-7-13-29;/h8-11,14-15,30H,4-7,12-13,16-18H2,1-3H3,(H2,26,27,28);1H. The molecule has 2 aromatic rings. The van der Waals surface area contributed by atoms with Gasteiger partial charge in [-0.05, 0) is 61.7 Å². The third-order valence-electron chi connectivity index (χ3n) is 5.64. The Labute approximate surface area is 214 Å². The van der Waals surface area contributed by atoms with Gasteiger partial charge in [-0.15, -0.1) is 24.0 Å². The summed E-state index contributed by atoms with van der Waals surface area (Å²) < 4.78 is 10.5. The molecule has 1 saturated heterocycles. The normalized spacial score (nSPS) is 14.3. The summed E-state index contributed by atoms with van der Waals surface area (Å²) in [6.45, 7) is 7.39. The number of hydrogen-bond acceptors (Lipinski definition) is 5. The molecule has 0 radical (unpaired) electrons. The molecule has 182 valence electrons. The lowest BCUT2D eigenvalue weighted by atomic mass is 10.1. The lowest BCUT2D eigenvalue weighted by molar-refractivity contribution is 0.221. The summed E-state index contributed by atoms with van der Waals surface area (Å²) in [6, 6.07) is 12.4. The van der Waals surface area contributed by atoms with Crippen LogP contribution in [-0.4, -0.2) is 49.8 Å². The summed E-state index contributed by atoms with van der Waals surface area (Å²) >= 11 is 0. The van der Waals surface area contributed by atoms with Gasteiger partial charge in [0.25, 0.3) is 0 Å². The highest BCUT2D eigenvalue weighted by Crippen LogP contribution is 2.37. The molecule has 1 fully saturated rings. The Balaban J connectivity index is 0.00000385. The number of phenols is 1. The van der Waals surface area contributed by atoms with E-state index in [0.717, 1.165) is 24.6 Å². The maximum atomic E-state index is 10.1. The van der Waals surface area contributed by atoms with Crippen molar-refractivity contribution < 1.29 is 14.6 Å². The Morgan fingerprint density at radius 2 is 1.55 bits per heavy atom. The van der Waals surface area contributed by atoms with Gasteiger partial charge in [0.05, 0.1) is 20.8 Å². The van der Waals surface area contributed by atoms with Crippen LogP contribution >= 0.6 is 24.0 Å². The molecule has 3 rings (SSSR count). The molecule has 0 atom stereocenters. The average Bonchev–Trinajstić information content (AvgIpc) is 2.83. The lowest BCUT2D eigenvalue weighted by Gasteiger charge is -2.26. The second kappa shape index (κ2) is 14.1. The number of guanidine groups is 1. The maximum Gasteiger partial charge on any atom is 0.200 e. The van der Waals surface area contributed by atoms with Crippen LogP contribution in [-0.2, 0) is 19.6 Å². The second-order valence-corrected chi connectivity index (χ2v) is 8.05. The van der Waals surface area contributed by atoms with Crippen molar-refractivity contribution in [3.8, 4) is 17.2 Å². The first-order chi connectivity index (χ1) is 15.6. The van der Waals surface area contributed by atoms with Crippen molar-refractivity contribution in [1.29, 1.82) is 0 Å². The zero-order valence-corrected chi connectivity index (χ0v) is 22.2. The van der Waals surface area contributed by atoms with Crippen LogP contribution in [0.15, 0.2) is 41.4 Å². The van der Waals surface area contributed by atoms with Crippen LogP contribution in [0.5, 0.6) is 17.2 Å². The number of nitrogens with one attached hydrogen (secondary N) is 2. The average molecular weight is 569 g/mol. The number of methoxy groups -OCH3 is 2. The van der Waals surface area contributed by atoms with Crippen molar-refractivity contribution in [1.82, 2.24) is 15.5 Å². The SMILES string of the molecule is CCNC(=NCc1cc(OC)c(O)c(OC)c1)NCc1ccc(CN2CCCCC2)cc1.I. The smallest absolute Gasteiger partial charge is 0.200 e. The number of halogens is 1. The summed E-state index contributed by atoms with van der Waals surface area (Å²) in [5, 5.41) is 16.8. The number of benzene rings is 2. The highest BCUT2D eigenvalue weighted by atomic mass is 127. The molecule has 1 aliphatic rings. The Morgan fingerprint density at radius 3 is 2.12 bits per heavy atom. The molecule has 8 heteroatoms. The molecule has 1 heterocycles. The van der Waals surface area contributed by atoms with Gasteiger partial charge in [-0.2, -0.15) is 0 Å². The number of ether oxygens (including phenoxy) is 2. The van der Waals surface area contributed by atoms with Gasteiger partial charge >= 0.3 is 0 Å². The maximum absolute atomic E-state index is 10.1. The number of piperidine rings is 1. The van der Waals surface area contributed by atoms with E-state index in [4.69, 9.17) is 9.47 Å². The van der Waals surface area contributed by atoms with E-state index in [1.165, 1.54) is 57.7 Å². The largest absolute Gasteiger partial charge is 0.502 e. The second-order valence-electron chi connectivity index (χ2n) is 8.05. The molecule has 0 bridgehead atoms. The van der Waals surface area contributed by atoms with Crippen LogP contribution in [0.25, 0.3) is 0 Å². The van der Waals surface area contributed by atoms with E-state index in [1.807, 2.05) is 6.92 Å². The Bertz CT molecular complexity index is 859.